The van der Waals surface area contributed by atoms with Gasteiger partial charge in [0.2, 0.25) is 0 Å². The average molecular weight is 777 g/mol. The number of anilines is 6. The lowest BCUT2D eigenvalue weighted by Gasteiger charge is -2.25. The Morgan fingerprint density at radius 3 is 0.933 bits per heavy atom. The van der Waals surface area contributed by atoms with Crippen LogP contribution in [0.25, 0.3) is 45.8 Å². The monoisotopic (exact) mass is 776 g/mol. The zero-order valence-corrected chi connectivity index (χ0v) is 33.7. The summed E-state index contributed by atoms with van der Waals surface area (Å²) in [6, 6.07) is 72.5. The molecule has 0 aliphatic rings. The Morgan fingerprint density at radius 2 is 0.583 bits per heavy atom. The highest BCUT2D eigenvalue weighted by Gasteiger charge is 2.14. The van der Waals surface area contributed by atoms with Crippen molar-refractivity contribution >= 4 is 80.0 Å². The Bertz CT molecular complexity index is 2700. The van der Waals surface area contributed by atoms with Gasteiger partial charge in [0.25, 0.3) is 0 Å². The minimum Gasteiger partial charge on any atom is -0.497 e. The second-order valence-electron chi connectivity index (χ2n) is 14.7. The van der Waals surface area contributed by atoms with E-state index < -0.39 is 0 Å². The molecule has 9 aromatic carbocycles. The molecule has 4 nitrogen and oxygen atoms in total. The van der Waals surface area contributed by atoms with E-state index in [1.165, 1.54) is 21.5 Å². The van der Waals surface area contributed by atoms with E-state index in [9.17, 15) is 0 Å². The fourth-order valence-electron chi connectivity index (χ4n) is 7.61. The van der Waals surface area contributed by atoms with Crippen molar-refractivity contribution in [1.29, 1.82) is 0 Å². The second kappa shape index (κ2) is 17.4. The predicted octanol–water partition coefficient (Wildman–Crippen LogP) is 15.3. The van der Waals surface area contributed by atoms with E-state index in [0.717, 1.165) is 67.9 Å². The SMILES string of the molecule is COc1ccc(N(c2ccccc2)c2ccc(/C=C/c3ccc4cc5cc(/C=C/c6ccc(N(c7ccccc7)c7ccc(OC)cc7)cc6)ccc5cc4c3)cc2)cc1. The highest BCUT2D eigenvalue weighted by molar-refractivity contribution is 6.00. The van der Waals surface area contributed by atoms with Gasteiger partial charge in [0, 0.05) is 34.1 Å². The fourth-order valence-corrected chi connectivity index (χ4v) is 7.61. The Morgan fingerprint density at radius 1 is 0.283 bits per heavy atom. The summed E-state index contributed by atoms with van der Waals surface area (Å²) in [4.78, 5) is 4.51. The minimum atomic E-state index is 0.837. The van der Waals surface area contributed by atoms with Crippen LogP contribution in [0.3, 0.4) is 0 Å². The van der Waals surface area contributed by atoms with Crippen molar-refractivity contribution in [2.24, 2.45) is 0 Å². The molecule has 0 spiro atoms. The van der Waals surface area contributed by atoms with Crippen molar-refractivity contribution in [2.75, 3.05) is 24.0 Å². The van der Waals surface area contributed by atoms with Crippen LogP contribution in [0.2, 0.25) is 0 Å². The molecule has 0 radical (unpaired) electrons. The quantitative estimate of drug-likeness (QED) is 0.0911. The molecule has 0 saturated carbocycles. The largest absolute Gasteiger partial charge is 0.497 e. The average Bonchev–Trinajstić information content (AvgIpc) is 3.31. The van der Waals surface area contributed by atoms with Crippen LogP contribution in [0.5, 0.6) is 11.5 Å². The molecule has 0 amide bonds. The first-order chi connectivity index (χ1) is 29.6. The molecule has 60 heavy (non-hydrogen) atoms. The molecule has 9 rings (SSSR count). The second-order valence-corrected chi connectivity index (χ2v) is 14.7. The van der Waals surface area contributed by atoms with Gasteiger partial charge in [0.05, 0.1) is 14.2 Å². The van der Waals surface area contributed by atoms with Crippen molar-refractivity contribution < 1.29 is 9.47 Å². The molecular weight excluding hydrogens is 733 g/mol. The van der Waals surface area contributed by atoms with Crippen LogP contribution in [0.15, 0.2) is 206 Å². The van der Waals surface area contributed by atoms with Crippen LogP contribution in [0.4, 0.5) is 34.1 Å². The summed E-state index contributed by atoms with van der Waals surface area (Å²) in [6.07, 6.45) is 8.74. The maximum atomic E-state index is 5.40. The lowest BCUT2D eigenvalue weighted by molar-refractivity contribution is 0.414. The molecule has 9 aromatic rings. The first-order valence-corrected chi connectivity index (χ1v) is 20.1. The number of rotatable bonds is 12. The third-order valence-corrected chi connectivity index (χ3v) is 10.8. The maximum absolute atomic E-state index is 5.40. The first-order valence-electron chi connectivity index (χ1n) is 20.1. The number of hydrogen-bond acceptors (Lipinski definition) is 4. The van der Waals surface area contributed by atoms with E-state index in [4.69, 9.17) is 9.47 Å². The topological polar surface area (TPSA) is 24.9 Å². The van der Waals surface area contributed by atoms with Gasteiger partial charge in [-0.05, 0) is 165 Å². The molecule has 0 atom stereocenters. The molecular formula is C56H44N2O2. The molecule has 0 saturated heterocycles. The molecule has 0 unspecified atom stereocenters. The number of para-hydroxylation sites is 2. The number of hydrogen-bond donors (Lipinski definition) is 0. The molecule has 0 fully saturated rings. The normalized spacial score (nSPS) is 11.4. The lowest BCUT2D eigenvalue weighted by Crippen LogP contribution is -2.09. The minimum absolute atomic E-state index is 0.837. The summed E-state index contributed by atoms with van der Waals surface area (Å²) >= 11 is 0. The van der Waals surface area contributed by atoms with Crippen LogP contribution in [0, 0.1) is 0 Å². The third-order valence-electron chi connectivity index (χ3n) is 10.8. The van der Waals surface area contributed by atoms with Gasteiger partial charge in [0.1, 0.15) is 11.5 Å². The van der Waals surface area contributed by atoms with Gasteiger partial charge < -0.3 is 19.3 Å². The fraction of sp³-hybridized carbons (Fsp3) is 0.0357. The number of fused-ring (bicyclic) bond motifs is 2. The number of ether oxygens (including phenoxy) is 2. The summed E-state index contributed by atoms with van der Waals surface area (Å²) in [5.74, 6) is 1.67. The van der Waals surface area contributed by atoms with E-state index in [2.05, 4.69) is 204 Å². The molecule has 0 aliphatic heterocycles. The van der Waals surface area contributed by atoms with E-state index in [1.807, 2.05) is 36.4 Å². The van der Waals surface area contributed by atoms with Gasteiger partial charge in [-0.15, -0.1) is 0 Å². The first kappa shape index (κ1) is 37.7. The summed E-state index contributed by atoms with van der Waals surface area (Å²) in [5, 5.41) is 4.89. The zero-order chi connectivity index (χ0) is 40.7. The van der Waals surface area contributed by atoms with Crippen LogP contribution in [0.1, 0.15) is 22.3 Å². The van der Waals surface area contributed by atoms with Gasteiger partial charge in [0.15, 0.2) is 0 Å². The van der Waals surface area contributed by atoms with Crippen LogP contribution < -0.4 is 19.3 Å². The van der Waals surface area contributed by atoms with Crippen molar-refractivity contribution in [3.63, 3.8) is 0 Å². The van der Waals surface area contributed by atoms with Crippen LogP contribution >= 0.6 is 0 Å². The molecule has 4 heteroatoms. The number of methoxy groups -OCH3 is 2. The smallest absolute Gasteiger partial charge is 0.119 e. The number of benzene rings is 9. The van der Waals surface area contributed by atoms with Crippen molar-refractivity contribution in [1.82, 2.24) is 0 Å². The zero-order valence-electron chi connectivity index (χ0n) is 33.7. The van der Waals surface area contributed by atoms with Crippen LogP contribution in [-0.4, -0.2) is 14.2 Å². The number of nitrogens with zero attached hydrogens (tertiary/aromatic N) is 2. The standard InChI is InChI=1S/C56H44N2O2/c1-59-55-33-29-53(30-34-55)57(49-9-5-3-6-10-49)51-25-19-41(20-26-51)13-15-43-17-23-45-40-48-38-44(18-24-46(48)39-47(45)37-43)16-14-42-21-27-52(28-22-42)58(50-11-7-4-8-12-50)54-31-35-56(60-2)36-32-54/h3-40H,1-2H3/b15-13+,16-14+. The van der Waals surface area contributed by atoms with E-state index in [0.29, 0.717) is 0 Å². The van der Waals surface area contributed by atoms with E-state index in [-0.39, 0.29) is 0 Å². The van der Waals surface area contributed by atoms with E-state index in [1.54, 1.807) is 14.2 Å². The molecule has 0 aromatic heterocycles. The Hall–Kier alpha value is -7.82. The van der Waals surface area contributed by atoms with Gasteiger partial charge in [-0.25, -0.2) is 0 Å². The molecule has 290 valence electrons. The molecule has 0 aliphatic carbocycles. The molecule has 0 heterocycles. The van der Waals surface area contributed by atoms with Gasteiger partial charge in [-0.2, -0.15) is 0 Å². The molecule has 0 bridgehead atoms. The summed E-state index contributed by atoms with van der Waals surface area (Å²) < 4.78 is 10.8. The van der Waals surface area contributed by atoms with Gasteiger partial charge in [-0.1, -0.05) is 109 Å². The Balaban J connectivity index is 0.897. The Kier molecular flexibility index (Phi) is 10.9. The Labute approximate surface area is 352 Å². The van der Waals surface area contributed by atoms with E-state index >= 15 is 0 Å². The summed E-state index contributed by atoms with van der Waals surface area (Å²) in [7, 11) is 3.38. The van der Waals surface area contributed by atoms with Gasteiger partial charge in [-0.3, -0.25) is 0 Å². The lowest BCUT2D eigenvalue weighted by atomic mass is 9.99. The van der Waals surface area contributed by atoms with Crippen molar-refractivity contribution in [2.45, 2.75) is 0 Å². The highest BCUT2D eigenvalue weighted by atomic mass is 16.5. The van der Waals surface area contributed by atoms with Crippen molar-refractivity contribution in [3.05, 3.63) is 229 Å². The van der Waals surface area contributed by atoms with Crippen molar-refractivity contribution in [3.8, 4) is 11.5 Å². The summed E-state index contributed by atoms with van der Waals surface area (Å²) in [6.45, 7) is 0. The van der Waals surface area contributed by atoms with Gasteiger partial charge >= 0.3 is 0 Å². The van der Waals surface area contributed by atoms with Crippen LogP contribution in [-0.2, 0) is 0 Å². The predicted molar refractivity (Wildman–Crippen MR) is 255 cm³/mol. The third kappa shape index (κ3) is 8.40. The molecule has 0 N–H and O–H groups in total. The highest BCUT2D eigenvalue weighted by Crippen LogP contribution is 2.37. The maximum Gasteiger partial charge on any atom is 0.119 e. The summed E-state index contributed by atoms with van der Waals surface area (Å²) in [5.41, 5.74) is 11.1.